The SMILES string of the molecule is CCCCOc1ccc(C(=O)C(Oc2ccc([N+](=O)[O-])cc2)C(=O)Nc2cc(OC(=O)CCOC(=O)c3cc(C(C)(C)C)c(O)c(C(C)(C)C)c3)ccc2Cl)cc1. The Morgan fingerprint density at radius 3 is 1.95 bits per heavy atom. The number of nitro groups is 1. The highest BCUT2D eigenvalue weighted by Gasteiger charge is 2.32. The number of Topliss-reactive ketones (excluding diaryl/α,β-unsaturated/α-hetero) is 1. The molecular formula is C43H47ClN2O11. The summed E-state index contributed by atoms with van der Waals surface area (Å²) in [6, 6.07) is 18.3. The fourth-order valence-corrected chi connectivity index (χ4v) is 5.63. The number of esters is 2. The highest BCUT2D eigenvalue weighted by Crippen LogP contribution is 2.40. The highest BCUT2D eigenvalue weighted by atomic mass is 35.5. The first-order chi connectivity index (χ1) is 26.8. The molecule has 0 radical (unpaired) electrons. The van der Waals surface area contributed by atoms with Gasteiger partial charge in [-0.25, -0.2) is 4.79 Å². The van der Waals surface area contributed by atoms with E-state index in [9.17, 15) is 34.4 Å². The zero-order valence-corrected chi connectivity index (χ0v) is 33.7. The standard InChI is InChI=1S/C43H47ClN2O11/c1-8-9-21-54-29-14-10-26(11-15-29)37(48)39(57-30-16-12-28(13-17-30)46(52)53)40(50)45-35-25-31(18-19-34(35)44)56-36(47)20-22-55-41(51)27-23-32(42(2,3)4)38(49)33(24-27)43(5,6)7/h10-19,23-25,39,49H,8-9,20-22H2,1-7H3,(H,45,50). The Hall–Kier alpha value is -5.95. The molecule has 0 aliphatic heterocycles. The van der Waals surface area contributed by atoms with Crippen molar-refractivity contribution >= 4 is 46.6 Å². The number of rotatable bonds is 16. The Balaban J connectivity index is 1.46. The largest absolute Gasteiger partial charge is 0.507 e. The predicted molar refractivity (Wildman–Crippen MR) is 215 cm³/mol. The first-order valence-electron chi connectivity index (χ1n) is 18.3. The highest BCUT2D eigenvalue weighted by molar-refractivity contribution is 6.34. The summed E-state index contributed by atoms with van der Waals surface area (Å²) in [4.78, 5) is 63.9. The summed E-state index contributed by atoms with van der Waals surface area (Å²) in [5.74, 6) is -2.43. The van der Waals surface area contributed by atoms with E-state index >= 15 is 0 Å². The first-order valence-corrected chi connectivity index (χ1v) is 18.7. The summed E-state index contributed by atoms with van der Waals surface area (Å²) in [6.07, 6.45) is -0.290. The lowest BCUT2D eigenvalue weighted by Gasteiger charge is -2.27. The van der Waals surface area contributed by atoms with Crippen molar-refractivity contribution in [3.8, 4) is 23.0 Å². The molecule has 0 aromatic heterocycles. The van der Waals surface area contributed by atoms with E-state index in [0.717, 1.165) is 12.8 Å². The van der Waals surface area contributed by atoms with Crippen LogP contribution in [0.4, 0.5) is 11.4 Å². The molecule has 0 heterocycles. The summed E-state index contributed by atoms with van der Waals surface area (Å²) in [7, 11) is 0. The Labute approximate surface area is 336 Å². The number of hydrogen-bond acceptors (Lipinski definition) is 11. The zero-order valence-electron chi connectivity index (χ0n) is 33.0. The van der Waals surface area contributed by atoms with Crippen molar-refractivity contribution in [2.24, 2.45) is 0 Å². The molecule has 4 rings (SSSR count). The third-order valence-corrected chi connectivity index (χ3v) is 8.94. The molecule has 57 heavy (non-hydrogen) atoms. The van der Waals surface area contributed by atoms with Crippen molar-refractivity contribution in [2.75, 3.05) is 18.5 Å². The number of carbonyl (C=O) groups excluding carboxylic acids is 4. The van der Waals surface area contributed by atoms with Gasteiger partial charge in [0.1, 0.15) is 29.6 Å². The fraction of sp³-hybridized carbons (Fsp3) is 0.349. The van der Waals surface area contributed by atoms with Crippen LogP contribution in [-0.4, -0.2) is 53.0 Å². The molecule has 2 N–H and O–H groups in total. The third kappa shape index (κ3) is 12.0. The van der Waals surface area contributed by atoms with Crippen LogP contribution in [0.3, 0.4) is 0 Å². The number of non-ortho nitro benzene ring substituents is 1. The molecule has 302 valence electrons. The molecule has 0 aliphatic carbocycles. The van der Waals surface area contributed by atoms with Gasteiger partial charge >= 0.3 is 11.9 Å². The topological polar surface area (TPSA) is 181 Å². The van der Waals surface area contributed by atoms with Crippen molar-refractivity contribution in [3.05, 3.63) is 116 Å². The van der Waals surface area contributed by atoms with E-state index in [1.54, 1.807) is 24.3 Å². The number of ether oxygens (including phenoxy) is 4. The van der Waals surface area contributed by atoms with E-state index in [1.165, 1.54) is 54.6 Å². The minimum Gasteiger partial charge on any atom is -0.507 e. The quantitative estimate of drug-likeness (QED) is 0.0210. The normalized spacial score (nSPS) is 11.9. The van der Waals surface area contributed by atoms with Gasteiger partial charge in [0.25, 0.3) is 11.6 Å². The van der Waals surface area contributed by atoms with Gasteiger partial charge in [0.2, 0.25) is 11.9 Å². The average Bonchev–Trinajstić information content (AvgIpc) is 3.14. The van der Waals surface area contributed by atoms with Crippen LogP contribution in [-0.2, 0) is 25.2 Å². The van der Waals surface area contributed by atoms with Gasteiger partial charge in [0.15, 0.2) is 0 Å². The van der Waals surface area contributed by atoms with Gasteiger partial charge in [-0.3, -0.25) is 24.5 Å². The number of halogens is 1. The van der Waals surface area contributed by atoms with Gasteiger partial charge in [-0.2, -0.15) is 0 Å². The molecule has 1 atom stereocenters. The van der Waals surface area contributed by atoms with Crippen molar-refractivity contribution in [2.45, 2.75) is 84.7 Å². The lowest BCUT2D eigenvalue weighted by molar-refractivity contribution is -0.384. The lowest BCUT2D eigenvalue weighted by Crippen LogP contribution is -2.40. The second-order valence-electron chi connectivity index (χ2n) is 15.3. The molecule has 0 spiro atoms. The Kier molecular flexibility index (Phi) is 14.4. The molecule has 14 heteroatoms. The number of carbonyl (C=O) groups is 4. The molecule has 1 unspecified atom stereocenters. The number of nitrogens with one attached hydrogen (secondary N) is 1. The average molecular weight is 803 g/mol. The van der Waals surface area contributed by atoms with Crippen LogP contribution in [0, 0.1) is 10.1 Å². The second-order valence-corrected chi connectivity index (χ2v) is 15.7. The summed E-state index contributed by atoms with van der Waals surface area (Å²) in [5.41, 5.74) is 0.373. The Morgan fingerprint density at radius 2 is 1.39 bits per heavy atom. The van der Waals surface area contributed by atoms with Crippen molar-refractivity contribution < 1.29 is 48.2 Å². The van der Waals surface area contributed by atoms with Gasteiger partial charge in [-0.05, 0) is 77.9 Å². The molecule has 1 amide bonds. The number of nitro benzene ring substituents is 1. The van der Waals surface area contributed by atoms with Crippen LogP contribution in [0.25, 0.3) is 0 Å². The van der Waals surface area contributed by atoms with E-state index in [0.29, 0.717) is 23.5 Å². The van der Waals surface area contributed by atoms with Crippen LogP contribution in [0.15, 0.2) is 78.9 Å². The molecule has 13 nitrogen and oxygen atoms in total. The number of benzene rings is 4. The smallest absolute Gasteiger partial charge is 0.338 e. The third-order valence-electron chi connectivity index (χ3n) is 8.61. The summed E-state index contributed by atoms with van der Waals surface area (Å²) < 4.78 is 22.3. The van der Waals surface area contributed by atoms with Crippen LogP contribution in [0.1, 0.15) is 99.6 Å². The number of amides is 1. The van der Waals surface area contributed by atoms with E-state index in [1.807, 2.05) is 48.5 Å². The van der Waals surface area contributed by atoms with E-state index in [4.69, 9.17) is 30.5 Å². The minimum absolute atomic E-state index is 0.00738. The van der Waals surface area contributed by atoms with Crippen LogP contribution >= 0.6 is 11.6 Å². The van der Waals surface area contributed by atoms with Crippen molar-refractivity contribution in [1.82, 2.24) is 0 Å². The molecule has 0 bridgehead atoms. The fourth-order valence-electron chi connectivity index (χ4n) is 5.46. The van der Waals surface area contributed by atoms with Gasteiger partial charge in [0.05, 0.1) is 34.2 Å². The number of phenols is 1. The van der Waals surface area contributed by atoms with Gasteiger partial charge in [0, 0.05) is 34.9 Å². The maximum atomic E-state index is 13.7. The van der Waals surface area contributed by atoms with Gasteiger partial charge in [-0.1, -0.05) is 66.5 Å². The van der Waals surface area contributed by atoms with Crippen molar-refractivity contribution in [1.29, 1.82) is 0 Å². The second kappa shape index (κ2) is 18.8. The molecule has 0 saturated carbocycles. The van der Waals surface area contributed by atoms with Crippen LogP contribution in [0.2, 0.25) is 5.02 Å². The Morgan fingerprint density at radius 1 is 0.807 bits per heavy atom. The van der Waals surface area contributed by atoms with Gasteiger partial charge in [-0.15, -0.1) is 0 Å². The zero-order chi connectivity index (χ0) is 42.1. The molecule has 0 saturated heterocycles. The number of nitrogens with zero attached hydrogens (tertiary/aromatic N) is 1. The summed E-state index contributed by atoms with van der Waals surface area (Å²) >= 11 is 6.39. The summed E-state index contributed by atoms with van der Waals surface area (Å²) in [6.45, 7) is 13.8. The minimum atomic E-state index is -1.78. The monoisotopic (exact) mass is 802 g/mol. The van der Waals surface area contributed by atoms with E-state index in [-0.39, 0.29) is 57.8 Å². The van der Waals surface area contributed by atoms with Crippen LogP contribution in [0.5, 0.6) is 23.0 Å². The number of anilines is 1. The number of unbranched alkanes of at least 4 members (excludes halogenated alkanes) is 1. The number of phenolic OH excluding ortho intramolecular Hbond substituents is 1. The number of hydrogen-bond donors (Lipinski definition) is 2. The molecule has 4 aromatic rings. The van der Waals surface area contributed by atoms with E-state index in [2.05, 4.69) is 5.32 Å². The molecule has 0 fully saturated rings. The maximum Gasteiger partial charge on any atom is 0.338 e. The molecule has 0 aliphatic rings. The first kappa shape index (κ1) is 43.8. The summed E-state index contributed by atoms with van der Waals surface area (Å²) in [5, 5.41) is 24.7. The number of aromatic hydroxyl groups is 1. The molecular weight excluding hydrogens is 756 g/mol. The van der Waals surface area contributed by atoms with Crippen LogP contribution < -0.4 is 19.5 Å². The number of ketones is 1. The molecule has 4 aromatic carbocycles. The van der Waals surface area contributed by atoms with Crippen molar-refractivity contribution in [3.63, 3.8) is 0 Å². The predicted octanol–water partition coefficient (Wildman–Crippen LogP) is 9.15. The maximum absolute atomic E-state index is 13.7. The van der Waals surface area contributed by atoms with Gasteiger partial charge < -0.3 is 29.4 Å². The Bertz CT molecular complexity index is 2070. The lowest BCUT2D eigenvalue weighted by atomic mass is 9.78. The van der Waals surface area contributed by atoms with E-state index < -0.39 is 45.5 Å².